The van der Waals surface area contributed by atoms with E-state index >= 15 is 0 Å². The topological polar surface area (TPSA) is 92.4 Å². The van der Waals surface area contributed by atoms with E-state index in [0.717, 1.165) is 11.6 Å². The Morgan fingerprint density at radius 1 is 1.30 bits per heavy atom. The molecule has 0 unspecified atom stereocenters. The van der Waals surface area contributed by atoms with E-state index in [9.17, 15) is 9.59 Å². The lowest BCUT2D eigenvalue weighted by Crippen LogP contribution is -2.36. The predicted molar refractivity (Wildman–Crippen MR) is 79.2 cm³/mol. The summed E-state index contributed by atoms with van der Waals surface area (Å²) in [6.07, 6.45) is 3.18. The highest BCUT2D eigenvalue weighted by molar-refractivity contribution is 5.94. The van der Waals surface area contributed by atoms with Crippen LogP contribution in [0.15, 0.2) is 30.3 Å². The molecule has 1 aromatic carbocycles. The summed E-state index contributed by atoms with van der Waals surface area (Å²) in [5, 5.41) is 11.3. The van der Waals surface area contributed by atoms with Gasteiger partial charge in [-0.25, -0.2) is 4.79 Å². The molecular formula is C15H20N2O3. The van der Waals surface area contributed by atoms with Gasteiger partial charge in [0.15, 0.2) is 0 Å². The van der Waals surface area contributed by atoms with Crippen LogP contribution in [0.4, 0.5) is 5.69 Å². The lowest BCUT2D eigenvalue weighted by molar-refractivity contribution is -0.131. The molecule has 0 spiro atoms. The molecule has 1 aromatic rings. The van der Waals surface area contributed by atoms with Crippen molar-refractivity contribution in [3.8, 4) is 0 Å². The first kappa shape index (κ1) is 15.9. The van der Waals surface area contributed by atoms with Gasteiger partial charge in [-0.2, -0.15) is 0 Å². The fraction of sp³-hybridized carbons (Fsp3) is 0.333. The number of anilines is 1. The molecule has 20 heavy (non-hydrogen) atoms. The van der Waals surface area contributed by atoms with Crippen molar-refractivity contribution in [2.24, 2.45) is 11.7 Å². The highest BCUT2D eigenvalue weighted by Crippen LogP contribution is 2.12. The van der Waals surface area contributed by atoms with Crippen LogP contribution < -0.4 is 11.1 Å². The Bertz CT molecular complexity index is 492. The molecule has 108 valence electrons. The first-order chi connectivity index (χ1) is 9.38. The molecule has 0 aliphatic heterocycles. The Balaban J connectivity index is 2.61. The molecule has 0 aliphatic rings. The van der Waals surface area contributed by atoms with Crippen molar-refractivity contribution in [3.05, 3.63) is 35.9 Å². The van der Waals surface area contributed by atoms with Gasteiger partial charge in [0.25, 0.3) is 0 Å². The zero-order valence-electron chi connectivity index (χ0n) is 11.7. The fourth-order valence-corrected chi connectivity index (χ4v) is 1.69. The Morgan fingerprint density at radius 3 is 2.40 bits per heavy atom. The molecule has 5 heteroatoms. The van der Waals surface area contributed by atoms with Crippen molar-refractivity contribution in [3.63, 3.8) is 0 Å². The normalized spacial score (nSPS) is 12.6. The second-order valence-corrected chi connectivity index (χ2v) is 5.02. The van der Waals surface area contributed by atoms with E-state index in [1.165, 1.54) is 6.08 Å². The summed E-state index contributed by atoms with van der Waals surface area (Å²) in [6, 6.07) is 6.34. The van der Waals surface area contributed by atoms with Gasteiger partial charge in [0.05, 0.1) is 6.04 Å². The van der Waals surface area contributed by atoms with Gasteiger partial charge < -0.3 is 16.2 Å². The van der Waals surface area contributed by atoms with Crippen molar-refractivity contribution in [2.75, 3.05) is 5.32 Å². The molecule has 1 amide bonds. The van der Waals surface area contributed by atoms with Crippen LogP contribution >= 0.6 is 0 Å². The van der Waals surface area contributed by atoms with E-state index in [4.69, 9.17) is 10.8 Å². The van der Waals surface area contributed by atoms with Gasteiger partial charge in [-0.05, 0) is 36.1 Å². The number of hydrogen-bond acceptors (Lipinski definition) is 3. The van der Waals surface area contributed by atoms with Crippen molar-refractivity contribution >= 4 is 23.6 Å². The molecular weight excluding hydrogens is 256 g/mol. The van der Waals surface area contributed by atoms with Crippen LogP contribution in [-0.4, -0.2) is 23.0 Å². The number of hydrogen-bond donors (Lipinski definition) is 3. The molecule has 1 atom stereocenters. The number of carboxylic acid groups (broad SMARTS) is 1. The van der Waals surface area contributed by atoms with Gasteiger partial charge in [0.1, 0.15) is 0 Å². The standard InChI is InChI=1S/C15H20N2O3/c1-10(2)9-13(16)15(20)17-12-6-3-11(4-7-12)5-8-14(18)19/h3-8,10,13H,9,16H2,1-2H3,(H,17,20)(H,18,19)/b8-5+/t13-/m1/s1. The summed E-state index contributed by atoms with van der Waals surface area (Å²) in [6.45, 7) is 4.02. The van der Waals surface area contributed by atoms with Gasteiger partial charge >= 0.3 is 5.97 Å². The van der Waals surface area contributed by atoms with Crippen LogP contribution in [0, 0.1) is 5.92 Å². The third-order valence-electron chi connectivity index (χ3n) is 2.66. The van der Waals surface area contributed by atoms with E-state index in [1.807, 2.05) is 13.8 Å². The second kappa shape index (κ2) is 7.45. The first-order valence-corrected chi connectivity index (χ1v) is 6.46. The number of carbonyl (C=O) groups is 2. The molecule has 0 fully saturated rings. The largest absolute Gasteiger partial charge is 0.478 e. The summed E-state index contributed by atoms with van der Waals surface area (Å²) in [5.41, 5.74) is 7.18. The first-order valence-electron chi connectivity index (χ1n) is 6.46. The Labute approximate surface area is 118 Å². The smallest absolute Gasteiger partial charge is 0.328 e. The lowest BCUT2D eigenvalue weighted by atomic mass is 10.0. The molecule has 5 nitrogen and oxygen atoms in total. The lowest BCUT2D eigenvalue weighted by Gasteiger charge is -2.14. The van der Waals surface area contributed by atoms with Gasteiger partial charge in [-0.15, -0.1) is 0 Å². The predicted octanol–water partition coefficient (Wildman–Crippen LogP) is 2.10. The molecule has 0 saturated carbocycles. The minimum Gasteiger partial charge on any atom is -0.478 e. The molecule has 0 heterocycles. The van der Waals surface area contributed by atoms with Crippen LogP contribution in [0.25, 0.3) is 6.08 Å². The molecule has 0 aromatic heterocycles. The highest BCUT2D eigenvalue weighted by Gasteiger charge is 2.14. The molecule has 1 rings (SSSR count). The third-order valence-corrected chi connectivity index (χ3v) is 2.66. The van der Waals surface area contributed by atoms with Gasteiger partial charge in [-0.1, -0.05) is 26.0 Å². The zero-order chi connectivity index (χ0) is 15.1. The highest BCUT2D eigenvalue weighted by atomic mass is 16.4. The summed E-state index contributed by atoms with van der Waals surface area (Å²) < 4.78 is 0. The van der Waals surface area contributed by atoms with E-state index < -0.39 is 12.0 Å². The second-order valence-electron chi connectivity index (χ2n) is 5.02. The van der Waals surface area contributed by atoms with Crippen LogP contribution in [0.5, 0.6) is 0 Å². The van der Waals surface area contributed by atoms with Crippen LogP contribution in [0.2, 0.25) is 0 Å². The van der Waals surface area contributed by atoms with E-state index in [2.05, 4.69) is 5.32 Å². The molecule has 0 saturated heterocycles. The summed E-state index contributed by atoms with van der Waals surface area (Å²) >= 11 is 0. The molecule has 0 bridgehead atoms. The third kappa shape index (κ3) is 5.67. The average molecular weight is 276 g/mol. The number of carboxylic acids is 1. The van der Waals surface area contributed by atoms with Gasteiger partial charge in [-0.3, -0.25) is 4.79 Å². The Kier molecular flexibility index (Phi) is 5.93. The van der Waals surface area contributed by atoms with Crippen molar-refractivity contribution in [1.29, 1.82) is 0 Å². The summed E-state index contributed by atoms with van der Waals surface area (Å²) in [7, 11) is 0. The number of nitrogens with two attached hydrogens (primary N) is 1. The van der Waals surface area contributed by atoms with Gasteiger partial charge in [0.2, 0.25) is 5.91 Å². The Morgan fingerprint density at radius 2 is 1.90 bits per heavy atom. The number of rotatable bonds is 6. The van der Waals surface area contributed by atoms with Crippen LogP contribution in [0.1, 0.15) is 25.8 Å². The fourth-order valence-electron chi connectivity index (χ4n) is 1.69. The van der Waals surface area contributed by atoms with Crippen molar-refractivity contribution < 1.29 is 14.7 Å². The minimum atomic E-state index is -0.998. The van der Waals surface area contributed by atoms with Gasteiger partial charge in [0, 0.05) is 11.8 Å². The van der Waals surface area contributed by atoms with Crippen molar-refractivity contribution in [2.45, 2.75) is 26.3 Å². The minimum absolute atomic E-state index is 0.215. The zero-order valence-corrected chi connectivity index (χ0v) is 11.7. The number of benzene rings is 1. The van der Waals surface area contributed by atoms with Crippen molar-refractivity contribution in [1.82, 2.24) is 0 Å². The Hall–Kier alpha value is -2.14. The summed E-state index contributed by atoms with van der Waals surface area (Å²) in [5.74, 6) is -0.853. The maximum Gasteiger partial charge on any atom is 0.328 e. The number of carbonyl (C=O) groups excluding carboxylic acids is 1. The summed E-state index contributed by atoms with van der Waals surface area (Å²) in [4.78, 5) is 22.2. The number of amides is 1. The molecule has 4 N–H and O–H groups in total. The number of nitrogens with one attached hydrogen (secondary N) is 1. The molecule has 0 radical (unpaired) electrons. The van der Waals surface area contributed by atoms with Crippen LogP contribution in [-0.2, 0) is 9.59 Å². The van der Waals surface area contributed by atoms with Crippen LogP contribution in [0.3, 0.4) is 0 Å². The van der Waals surface area contributed by atoms with E-state index in [-0.39, 0.29) is 5.91 Å². The molecule has 0 aliphatic carbocycles. The van der Waals surface area contributed by atoms with E-state index in [0.29, 0.717) is 18.0 Å². The average Bonchev–Trinajstić information content (AvgIpc) is 2.37. The maximum absolute atomic E-state index is 11.8. The van der Waals surface area contributed by atoms with E-state index in [1.54, 1.807) is 24.3 Å². The SMILES string of the molecule is CC(C)C[C@@H](N)C(=O)Nc1ccc(/C=C/C(=O)O)cc1. The maximum atomic E-state index is 11.8. The number of aliphatic carboxylic acids is 1. The monoisotopic (exact) mass is 276 g/mol. The quantitative estimate of drug-likeness (QED) is 0.694.